The molecule has 0 unspecified atom stereocenters. The summed E-state index contributed by atoms with van der Waals surface area (Å²) >= 11 is 0. The highest BCUT2D eigenvalue weighted by atomic mass is 14.2. The molecule has 0 heterocycles. The number of rotatable bonds is 3. The van der Waals surface area contributed by atoms with E-state index in [0.717, 1.165) is 0 Å². The molecule has 0 fully saturated rings. The summed E-state index contributed by atoms with van der Waals surface area (Å²) in [4.78, 5) is 0. The van der Waals surface area contributed by atoms with Gasteiger partial charge in [-0.05, 0) is 67.5 Å². The van der Waals surface area contributed by atoms with Crippen LogP contribution in [0.1, 0.15) is 52.7 Å². The molecule has 0 saturated carbocycles. The average Bonchev–Trinajstić information content (AvgIpc) is 2.78. The molecule has 4 aromatic rings. The fraction of sp³-hybridized carbons (Fsp3) is 0.250. The summed E-state index contributed by atoms with van der Waals surface area (Å²) in [6.45, 7) is 13.6. The van der Waals surface area contributed by atoms with Crippen molar-refractivity contribution in [2.24, 2.45) is 0 Å². The molecule has 0 N–H and O–H groups in total. The van der Waals surface area contributed by atoms with Crippen molar-refractivity contribution in [3.8, 4) is 33.4 Å². The molecule has 0 heteroatoms. The first-order chi connectivity index (χ1) is 15.1. The molecule has 0 aliphatic rings. The van der Waals surface area contributed by atoms with Crippen LogP contribution in [0.15, 0.2) is 97.1 Å². The third-order valence-corrected chi connectivity index (χ3v) is 6.18. The van der Waals surface area contributed by atoms with Crippen molar-refractivity contribution in [1.82, 2.24) is 0 Å². The van der Waals surface area contributed by atoms with Crippen LogP contribution in [0.4, 0.5) is 0 Å². The Morgan fingerprint density at radius 2 is 0.594 bits per heavy atom. The van der Waals surface area contributed by atoms with Gasteiger partial charge in [0.05, 0.1) is 0 Å². The second kappa shape index (κ2) is 8.43. The molecule has 0 saturated heterocycles. The Balaban J connectivity index is 1.71. The molecule has 4 aromatic carbocycles. The molecule has 0 aliphatic carbocycles. The quantitative estimate of drug-likeness (QED) is 0.311. The fourth-order valence-electron chi connectivity index (χ4n) is 4.09. The Hall–Kier alpha value is -3.12. The van der Waals surface area contributed by atoms with Crippen LogP contribution in [0.2, 0.25) is 0 Å². The molecule has 32 heavy (non-hydrogen) atoms. The largest absolute Gasteiger partial charge is 0.0614 e. The van der Waals surface area contributed by atoms with Gasteiger partial charge in [0.25, 0.3) is 0 Å². The maximum atomic E-state index is 2.33. The summed E-state index contributed by atoms with van der Waals surface area (Å²) in [5.74, 6) is 0. The number of hydrogen-bond acceptors (Lipinski definition) is 0. The van der Waals surface area contributed by atoms with Gasteiger partial charge in [-0.1, -0.05) is 126 Å². The molecule has 162 valence electrons. The third-order valence-electron chi connectivity index (χ3n) is 6.18. The Morgan fingerprint density at radius 3 is 0.875 bits per heavy atom. The monoisotopic (exact) mass is 418 g/mol. The Morgan fingerprint density at radius 1 is 0.344 bits per heavy atom. The summed E-state index contributed by atoms with van der Waals surface area (Å²) in [5, 5.41) is 0. The van der Waals surface area contributed by atoms with Gasteiger partial charge in [-0.15, -0.1) is 0 Å². The molecule has 4 rings (SSSR count). The van der Waals surface area contributed by atoms with Crippen LogP contribution in [-0.4, -0.2) is 0 Å². The van der Waals surface area contributed by atoms with E-state index in [4.69, 9.17) is 0 Å². The van der Waals surface area contributed by atoms with E-state index in [0.29, 0.717) is 0 Å². The average molecular weight is 419 g/mol. The zero-order chi connectivity index (χ0) is 22.9. The molecule has 0 amide bonds. The Bertz CT molecular complexity index is 1130. The van der Waals surface area contributed by atoms with Gasteiger partial charge in [0.1, 0.15) is 0 Å². The van der Waals surface area contributed by atoms with Gasteiger partial charge in [-0.3, -0.25) is 0 Å². The zero-order valence-corrected chi connectivity index (χ0v) is 20.2. The van der Waals surface area contributed by atoms with Gasteiger partial charge in [0.15, 0.2) is 0 Å². The lowest BCUT2D eigenvalue weighted by Crippen LogP contribution is -2.10. The predicted octanol–water partition coefficient (Wildman–Crippen LogP) is 9.28. The van der Waals surface area contributed by atoms with Crippen molar-refractivity contribution in [1.29, 1.82) is 0 Å². The fourth-order valence-corrected chi connectivity index (χ4v) is 4.09. The number of benzene rings is 4. The van der Waals surface area contributed by atoms with Gasteiger partial charge < -0.3 is 0 Å². The molecule has 0 atom stereocenters. The van der Waals surface area contributed by atoms with Crippen molar-refractivity contribution in [3.05, 3.63) is 108 Å². The lowest BCUT2D eigenvalue weighted by Gasteiger charge is -2.20. The molecule has 0 aliphatic heterocycles. The van der Waals surface area contributed by atoms with E-state index >= 15 is 0 Å². The normalized spacial score (nSPS) is 12.1. The van der Waals surface area contributed by atoms with Crippen LogP contribution < -0.4 is 0 Å². The highest BCUT2D eigenvalue weighted by molar-refractivity contribution is 5.77. The minimum atomic E-state index is 0.142. The van der Waals surface area contributed by atoms with Crippen molar-refractivity contribution < 1.29 is 0 Å². The molecular weight excluding hydrogens is 384 g/mol. The van der Waals surface area contributed by atoms with Crippen molar-refractivity contribution >= 4 is 0 Å². The van der Waals surface area contributed by atoms with E-state index in [9.17, 15) is 0 Å². The van der Waals surface area contributed by atoms with Crippen molar-refractivity contribution in [2.45, 2.75) is 52.4 Å². The van der Waals surface area contributed by atoms with Crippen LogP contribution in [-0.2, 0) is 10.8 Å². The van der Waals surface area contributed by atoms with Crippen LogP contribution in [0.25, 0.3) is 33.4 Å². The first-order valence-corrected chi connectivity index (χ1v) is 11.5. The predicted molar refractivity (Wildman–Crippen MR) is 140 cm³/mol. The summed E-state index contributed by atoms with van der Waals surface area (Å²) in [7, 11) is 0. The SMILES string of the molecule is CC(C)(C)c1cccc(-c2cccc(-c3cccc(-c4cccc(C(C)(C)C)c4)c3)c2)c1. The minimum absolute atomic E-state index is 0.142. The van der Waals surface area contributed by atoms with E-state index in [2.05, 4.69) is 139 Å². The molecule has 0 aromatic heterocycles. The summed E-state index contributed by atoms with van der Waals surface area (Å²) in [6.07, 6.45) is 0. The number of hydrogen-bond donors (Lipinski definition) is 0. The van der Waals surface area contributed by atoms with Crippen LogP contribution in [0.3, 0.4) is 0 Å². The Labute approximate surface area is 194 Å². The highest BCUT2D eigenvalue weighted by Crippen LogP contribution is 2.33. The second-order valence-corrected chi connectivity index (χ2v) is 10.8. The van der Waals surface area contributed by atoms with Gasteiger partial charge >= 0.3 is 0 Å². The van der Waals surface area contributed by atoms with Gasteiger partial charge in [0, 0.05) is 0 Å². The van der Waals surface area contributed by atoms with Crippen molar-refractivity contribution in [2.75, 3.05) is 0 Å². The lowest BCUT2D eigenvalue weighted by atomic mass is 9.85. The smallest absolute Gasteiger partial charge is 0.0132 e. The van der Waals surface area contributed by atoms with Gasteiger partial charge in [-0.2, -0.15) is 0 Å². The second-order valence-electron chi connectivity index (χ2n) is 10.8. The maximum absolute atomic E-state index is 2.33. The molecule has 0 radical (unpaired) electrons. The molecule has 0 bridgehead atoms. The highest BCUT2D eigenvalue weighted by Gasteiger charge is 2.15. The lowest BCUT2D eigenvalue weighted by molar-refractivity contribution is 0.590. The zero-order valence-electron chi connectivity index (χ0n) is 20.2. The molecule has 0 spiro atoms. The standard InChI is InChI=1S/C32H34/c1-31(2,3)29-17-9-15-27(21-29)25-13-7-11-23(19-25)24-12-8-14-26(20-24)28-16-10-18-30(22-28)32(4,5)6/h7-22H,1-6H3. The first-order valence-electron chi connectivity index (χ1n) is 11.5. The van der Waals surface area contributed by atoms with Gasteiger partial charge in [0.2, 0.25) is 0 Å². The minimum Gasteiger partial charge on any atom is -0.0614 e. The van der Waals surface area contributed by atoms with Crippen LogP contribution in [0, 0.1) is 0 Å². The summed E-state index contributed by atoms with van der Waals surface area (Å²) in [6, 6.07) is 35.7. The van der Waals surface area contributed by atoms with E-state index in [1.54, 1.807) is 0 Å². The van der Waals surface area contributed by atoms with E-state index < -0.39 is 0 Å². The summed E-state index contributed by atoms with van der Waals surface area (Å²) in [5.41, 5.74) is 10.6. The topological polar surface area (TPSA) is 0 Å². The van der Waals surface area contributed by atoms with E-state index in [-0.39, 0.29) is 10.8 Å². The maximum Gasteiger partial charge on any atom is -0.0132 e. The van der Waals surface area contributed by atoms with Crippen molar-refractivity contribution in [3.63, 3.8) is 0 Å². The molecular formula is C32H34. The van der Waals surface area contributed by atoms with E-state index in [1.165, 1.54) is 44.5 Å². The third kappa shape index (κ3) is 4.86. The first kappa shape index (κ1) is 22.1. The molecule has 0 nitrogen and oxygen atoms in total. The van der Waals surface area contributed by atoms with E-state index in [1.807, 2.05) is 0 Å². The summed E-state index contributed by atoms with van der Waals surface area (Å²) < 4.78 is 0. The Kier molecular flexibility index (Phi) is 5.82. The van der Waals surface area contributed by atoms with Crippen LogP contribution in [0.5, 0.6) is 0 Å². The van der Waals surface area contributed by atoms with Crippen LogP contribution >= 0.6 is 0 Å². The van der Waals surface area contributed by atoms with Gasteiger partial charge in [-0.25, -0.2) is 0 Å².